The highest BCUT2D eigenvalue weighted by Crippen LogP contribution is 2.22. The average molecular weight is 474 g/mol. The third-order valence-electron chi connectivity index (χ3n) is 5.51. The molecule has 35 heavy (non-hydrogen) atoms. The molecule has 2 N–H and O–H groups in total. The van der Waals surface area contributed by atoms with Crippen molar-refractivity contribution in [2.24, 2.45) is 7.05 Å². The molecule has 2 heterocycles. The van der Waals surface area contributed by atoms with Crippen molar-refractivity contribution in [1.82, 2.24) is 14.1 Å². The van der Waals surface area contributed by atoms with Gasteiger partial charge in [-0.2, -0.15) is 0 Å². The molecule has 0 aliphatic rings. The first-order chi connectivity index (χ1) is 16.8. The van der Waals surface area contributed by atoms with E-state index in [1.54, 1.807) is 0 Å². The molecule has 0 radical (unpaired) electrons. The van der Waals surface area contributed by atoms with E-state index in [9.17, 15) is 14.4 Å². The van der Waals surface area contributed by atoms with E-state index in [1.807, 2.05) is 73.5 Å². The molecule has 4 rings (SSSR count). The normalized spacial score (nSPS) is 10.8. The van der Waals surface area contributed by atoms with Gasteiger partial charge in [0, 0.05) is 60.5 Å². The number of aliphatic carboxylic acids is 2. The lowest BCUT2D eigenvalue weighted by Crippen LogP contribution is -2.07. The number of nitrogens with zero attached hydrogens (tertiary/aromatic N) is 3. The molecular weight excluding hydrogens is 446 g/mol. The van der Waals surface area contributed by atoms with Gasteiger partial charge in [0.2, 0.25) is 0 Å². The Bertz CT molecular complexity index is 1350. The number of hydrogen-bond acceptors (Lipinski definition) is 4. The van der Waals surface area contributed by atoms with Gasteiger partial charge in [-0.25, -0.2) is 14.6 Å². The minimum atomic E-state index is -1.26. The summed E-state index contributed by atoms with van der Waals surface area (Å²) >= 11 is 0. The summed E-state index contributed by atoms with van der Waals surface area (Å²) < 4.78 is 4.18. The molecule has 2 aromatic heterocycles. The molecule has 0 fully saturated rings. The van der Waals surface area contributed by atoms with Crippen molar-refractivity contribution >= 4 is 28.6 Å². The smallest absolute Gasteiger partial charge is 0.328 e. The van der Waals surface area contributed by atoms with E-state index in [1.165, 1.54) is 5.56 Å². The Kier molecular flexibility index (Phi) is 8.34. The monoisotopic (exact) mass is 473 g/mol. The van der Waals surface area contributed by atoms with Gasteiger partial charge in [0.1, 0.15) is 0 Å². The number of imidazole rings is 1. The van der Waals surface area contributed by atoms with Gasteiger partial charge in [-0.1, -0.05) is 48.5 Å². The molecular formula is C27H27N3O5. The topological polar surface area (TPSA) is 114 Å². The Hall–Kier alpha value is -4.46. The van der Waals surface area contributed by atoms with Crippen molar-refractivity contribution in [3.8, 4) is 0 Å². The van der Waals surface area contributed by atoms with Crippen molar-refractivity contribution in [3.63, 3.8) is 0 Å². The second-order valence-corrected chi connectivity index (χ2v) is 7.99. The summed E-state index contributed by atoms with van der Waals surface area (Å²) in [5, 5.41) is 16.7. The summed E-state index contributed by atoms with van der Waals surface area (Å²) in [4.78, 5) is 36.5. The van der Waals surface area contributed by atoms with E-state index in [0.717, 1.165) is 34.4 Å². The lowest BCUT2D eigenvalue weighted by Gasteiger charge is -2.09. The lowest BCUT2D eigenvalue weighted by atomic mass is 10.0. The van der Waals surface area contributed by atoms with Crippen LogP contribution < -0.4 is 0 Å². The second-order valence-electron chi connectivity index (χ2n) is 7.99. The number of Topliss-reactive ketones (excluding diaryl/α,β-unsaturated/α-hetero) is 1. The Balaban J connectivity index is 0.000000371. The second kappa shape index (κ2) is 11.6. The molecule has 0 aliphatic heterocycles. The molecule has 8 nitrogen and oxygen atoms in total. The highest BCUT2D eigenvalue weighted by Gasteiger charge is 2.16. The van der Waals surface area contributed by atoms with Crippen LogP contribution in [-0.4, -0.2) is 42.1 Å². The van der Waals surface area contributed by atoms with Crippen LogP contribution in [0.3, 0.4) is 0 Å². The maximum atomic E-state index is 12.9. The van der Waals surface area contributed by atoms with Crippen LogP contribution in [-0.2, 0) is 29.6 Å². The Morgan fingerprint density at radius 1 is 0.943 bits per heavy atom. The molecule has 180 valence electrons. The summed E-state index contributed by atoms with van der Waals surface area (Å²) in [5.41, 5.74) is 5.26. The SMILES string of the molecule is Cc1ncn(Cc2ccccc2)c1CCC(=O)c1cn(C)c2ccccc12.O=C(O)C=CC(=O)O. The molecule has 4 aromatic rings. The summed E-state index contributed by atoms with van der Waals surface area (Å²) in [6.45, 7) is 2.79. The number of para-hydroxylation sites is 1. The Morgan fingerprint density at radius 3 is 2.23 bits per heavy atom. The number of carbonyl (C=O) groups excluding carboxylic acids is 1. The molecule has 2 aromatic carbocycles. The zero-order valence-corrected chi connectivity index (χ0v) is 19.6. The first-order valence-electron chi connectivity index (χ1n) is 11.0. The van der Waals surface area contributed by atoms with Gasteiger partial charge in [-0.15, -0.1) is 0 Å². The molecule has 0 saturated heterocycles. The fraction of sp³-hybridized carbons (Fsp3) is 0.185. The zero-order chi connectivity index (χ0) is 25.4. The molecule has 0 amide bonds. The van der Waals surface area contributed by atoms with Gasteiger partial charge in [-0.3, -0.25) is 4.79 Å². The summed E-state index contributed by atoms with van der Waals surface area (Å²) in [6, 6.07) is 18.4. The van der Waals surface area contributed by atoms with Crippen LogP contribution in [0.25, 0.3) is 10.9 Å². The van der Waals surface area contributed by atoms with Crippen molar-refractivity contribution in [1.29, 1.82) is 0 Å². The third-order valence-corrected chi connectivity index (χ3v) is 5.51. The predicted octanol–water partition coefficient (Wildman–Crippen LogP) is 4.26. The van der Waals surface area contributed by atoms with Crippen molar-refractivity contribution < 1.29 is 24.6 Å². The maximum Gasteiger partial charge on any atom is 0.328 e. The quantitative estimate of drug-likeness (QED) is 0.292. The van der Waals surface area contributed by atoms with E-state index >= 15 is 0 Å². The number of carbonyl (C=O) groups is 3. The van der Waals surface area contributed by atoms with Crippen LogP contribution in [0, 0.1) is 6.92 Å². The van der Waals surface area contributed by atoms with Crippen LogP contribution in [0.4, 0.5) is 0 Å². The summed E-state index contributed by atoms with van der Waals surface area (Å²) in [5.74, 6) is -2.33. The van der Waals surface area contributed by atoms with Crippen LogP contribution in [0.15, 0.2) is 79.3 Å². The number of aromatic nitrogens is 3. The number of fused-ring (bicyclic) bond motifs is 1. The largest absolute Gasteiger partial charge is 0.478 e. The predicted molar refractivity (Wildman–Crippen MR) is 132 cm³/mol. The van der Waals surface area contributed by atoms with Crippen LogP contribution in [0.5, 0.6) is 0 Å². The zero-order valence-electron chi connectivity index (χ0n) is 19.6. The minimum absolute atomic E-state index is 0.179. The van der Waals surface area contributed by atoms with Gasteiger partial charge in [-0.05, 0) is 25.0 Å². The number of carboxylic acid groups (broad SMARTS) is 2. The van der Waals surface area contributed by atoms with E-state index in [-0.39, 0.29) is 5.78 Å². The van der Waals surface area contributed by atoms with Gasteiger partial charge in [0.25, 0.3) is 0 Å². The number of aryl methyl sites for hydroxylation is 2. The highest BCUT2D eigenvalue weighted by atomic mass is 16.4. The molecule has 0 spiro atoms. The van der Waals surface area contributed by atoms with Crippen LogP contribution in [0.1, 0.15) is 33.7 Å². The standard InChI is InChI=1S/C23H23N3O.C4H4O4/c1-17-21(26(16-24-17)14-18-8-4-3-5-9-18)12-13-23(27)20-15-25(2)22-11-7-6-10-19(20)22;5-3(6)1-2-4(7)8/h3-11,15-16H,12-14H2,1-2H3;1-2H,(H,5,6)(H,7,8). The first kappa shape index (κ1) is 25.2. The fourth-order valence-corrected chi connectivity index (χ4v) is 3.82. The number of hydrogen-bond donors (Lipinski definition) is 2. The number of carboxylic acids is 2. The summed E-state index contributed by atoms with van der Waals surface area (Å²) in [7, 11) is 1.98. The van der Waals surface area contributed by atoms with E-state index in [2.05, 4.69) is 21.7 Å². The molecule has 8 heteroatoms. The lowest BCUT2D eigenvalue weighted by molar-refractivity contribution is -0.134. The molecule has 0 unspecified atom stereocenters. The number of rotatable bonds is 8. The van der Waals surface area contributed by atoms with Crippen LogP contribution >= 0.6 is 0 Å². The van der Waals surface area contributed by atoms with Crippen molar-refractivity contribution in [2.75, 3.05) is 0 Å². The summed E-state index contributed by atoms with van der Waals surface area (Å²) in [6.07, 6.45) is 6.11. The van der Waals surface area contributed by atoms with Gasteiger partial charge < -0.3 is 19.3 Å². The molecule has 0 bridgehead atoms. The van der Waals surface area contributed by atoms with Gasteiger partial charge in [0.15, 0.2) is 5.78 Å². The molecule has 0 saturated carbocycles. The first-order valence-corrected chi connectivity index (χ1v) is 11.0. The average Bonchev–Trinajstić information content (AvgIpc) is 3.36. The fourth-order valence-electron chi connectivity index (χ4n) is 3.82. The van der Waals surface area contributed by atoms with E-state index in [0.29, 0.717) is 25.0 Å². The Morgan fingerprint density at radius 2 is 1.57 bits per heavy atom. The van der Waals surface area contributed by atoms with Gasteiger partial charge in [0.05, 0.1) is 12.0 Å². The molecule has 0 aliphatic carbocycles. The number of ketones is 1. The van der Waals surface area contributed by atoms with Crippen molar-refractivity contribution in [2.45, 2.75) is 26.3 Å². The molecule has 0 atom stereocenters. The minimum Gasteiger partial charge on any atom is -0.478 e. The van der Waals surface area contributed by atoms with Crippen LogP contribution in [0.2, 0.25) is 0 Å². The number of benzene rings is 2. The van der Waals surface area contributed by atoms with Crippen molar-refractivity contribution in [3.05, 3.63) is 102 Å². The van der Waals surface area contributed by atoms with Gasteiger partial charge >= 0.3 is 11.9 Å². The third kappa shape index (κ3) is 6.77. The Labute approximate surface area is 202 Å². The highest BCUT2D eigenvalue weighted by molar-refractivity contribution is 6.08. The van der Waals surface area contributed by atoms with E-state index < -0.39 is 11.9 Å². The maximum absolute atomic E-state index is 12.9. The van der Waals surface area contributed by atoms with E-state index in [4.69, 9.17) is 10.2 Å².